The van der Waals surface area contributed by atoms with Gasteiger partial charge in [0.25, 0.3) is 10.1 Å². The van der Waals surface area contributed by atoms with E-state index in [-0.39, 0.29) is 24.9 Å². The lowest BCUT2D eigenvalue weighted by Crippen LogP contribution is -2.45. The Morgan fingerprint density at radius 1 is 1.61 bits per heavy atom. The summed E-state index contributed by atoms with van der Waals surface area (Å²) in [4.78, 5) is 24.3. The van der Waals surface area contributed by atoms with E-state index < -0.39 is 22.1 Å². The van der Waals surface area contributed by atoms with Gasteiger partial charge in [0.1, 0.15) is 6.04 Å². The van der Waals surface area contributed by atoms with Gasteiger partial charge in [-0.1, -0.05) is 6.92 Å². The molecule has 0 saturated carbocycles. The summed E-state index contributed by atoms with van der Waals surface area (Å²) in [5.74, 6) is -0.959. The fourth-order valence-corrected chi connectivity index (χ4v) is 2.46. The van der Waals surface area contributed by atoms with Crippen molar-refractivity contribution in [3.63, 3.8) is 0 Å². The number of primary amides is 1. The molecule has 2 atom stereocenters. The molecule has 0 aromatic rings. The van der Waals surface area contributed by atoms with E-state index in [4.69, 9.17) is 5.73 Å². The molecule has 104 valence electrons. The number of likely N-dealkylation sites (tertiary alicyclic amines) is 1. The van der Waals surface area contributed by atoms with Crippen molar-refractivity contribution in [2.75, 3.05) is 19.4 Å². The van der Waals surface area contributed by atoms with Crippen LogP contribution in [0, 0.1) is 5.92 Å². The van der Waals surface area contributed by atoms with E-state index in [1.54, 1.807) is 6.92 Å². The normalized spacial score (nSPS) is 22.2. The molecule has 0 aliphatic carbocycles. The van der Waals surface area contributed by atoms with Gasteiger partial charge in [0, 0.05) is 18.9 Å². The van der Waals surface area contributed by atoms with Gasteiger partial charge in [-0.2, -0.15) is 8.42 Å². The molecule has 0 aromatic carbocycles. The fourth-order valence-electron chi connectivity index (χ4n) is 2.02. The molecule has 7 nitrogen and oxygen atoms in total. The third-order valence-corrected chi connectivity index (χ3v) is 3.41. The van der Waals surface area contributed by atoms with Crippen molar-refractivity contribution < 1.29 is 22.2 Å². The average Bonchev–Trinajstić information content (AvgIpc) is 2.57. The summed E-state index contributed by atoms with van der Waals surface area (Å²) < 4.78 is 26.4. The van der Waals surface area contributed by atoms with Gasteiger partial charge in [0.2, 0.25) is 11.8 Å². The molecular weight excluding hydrogens is 260 g/mol. The molecule has 2 N–H and O–H groups in total. The minimum Gasteiger partial charge on any atom is -0.368 e. The lowest BCUT2D eigenvalue weighted by molar-refractivity contribution is -0.136. The summed E-state index contributed by atoms with van der Waals surface area (Å²) in [6.45, 7) is 2.02. The topological polar surface area (TPSA) is 107 Å². The van der Waals surface area contributed by atoms with E-state index in [9.17, 15) is 18.0 Å². The molecule has 18 heavy (non-hydrogen) atoms. The molecular formula is C10H18N2O5S. The van der Waals surface area contributed by atoms with Crippen LogP contribution in [-0.2, 0) is 23.9 Å². The highest BCUT2D eigenvalue weighted by Crippen LogP contribution is 2.22. The Kier molecular flexibility index (Phi) is 4.69. The van der Waals surface area contributed by atoms with Crippen LogP contribution in [-0.4, -0.2) is 50.6 Å². The Labute approximate surface area is 106 Å². The summed E-state index contributed by atoms with van der Waals surface area (Å²) >= 11 is 0. The zero-order valence-corrected chi connectivity index (χ0v) is 11.3. The highest BCUT2D eigenvalue weighted by molar-refractivity contribution is 7.85. The molecule has 1 saturated heterocycles. The van der Waals surface area contributed by atoms with Gasteiger partial charge in [-0.15, -0.1) is 0 Å². The van der Waals surface area contributed by atoms with Crippen LogP contribution in [0.15, 0.2) is 0 Å². The summed E-state index contributed by atoms with van der Waals surface area (Å²) in [5.41, 5.74) is 5.22. The van der Waals surface area contributed by atoms with Gasteiger partial charge in [0.15, 0.2) is 0 Å². The summed E-state index contributed by atoms with van der Waals surface area (Å²) in [6, 6.07) is -0.624. The van der Waals surface area contributed by atoms with Crippen LogP contribution in [0.4, 0.5) is 0 Å². The molecule has 1 aliphatic heterocycles. The molecule has 1 unspecified atom stereocenters. The summed E-state index contributed by atoms with van der Waals surface area (Å²) in [5, 5.41) is 0. The minimum atomic E-state index is -3.51. The smallest absolute Gasteiger partial charge is 0.264 e. The standard InChI is InChI=1S/C10H18N2O5S/c1-3-8(10(11)14)12-5-7(4-9(12)13)6-17-18(2,15)16/h7-8H,3-6H2,1-2H3,(H2,11,14)/t7?,8-/m0/s1. The van der Waals surface area contributed by atoms with Gasteiger partial charge in [-0.3, -0.25) is 13.8 Å². The minimum absolute atomic E-state index is 0.0454. The maximum absolute atomic E-state index is 11.7. The predicted molar refractivity (Wildman–Crippen MR) is 63.9 cm³/mol. The summed E-state index contributed by atoms with van der Waals surface area (Å²) in [7, 11) is -3.51. The molecule has 1 fully saturated rings. The van der Waals surface area contributed by atoms with E-state index in [1.165, 1.54) is 4.90 Å². The lowest BCUT2D eigenvalue weighted by Gasteiger charge is -2.24. The van der Waals surface area contributed by atoms with Gasteiger partial charge >= 0.3 is 0 Å². The second-order valence-electron chi connectivity index (χ2n) is 4.43. The first-order valence-corrected chi connectivity index (χ1v) is 7.49. The van der Waals surface area contributed by atoms with Crippen molar-refractivity contribution in [1.29, 1.82) is 0 Å². The molecule has 1 rings (SSSR count). The number of carbonyl (C=O) groups excluding carboxylic acids is 2. The van der Waals surface area contributed by atoms with Gasteiger partial charge in [0.05, 0.1) is 12.9 Å². The quantitative estimate of drug-likeness (QED) is 0.632. The first kappa shape index (κ1) is 14.9. The monoisotopic (exact) mass is 278 g/mol. The fraction of sp³-hybridized carbons (Fsp3) is 0.800. The van der Waals surface area contributed by atoms with Crippen molar-refractivity contribution in [3.8, 4) is 0 Å². The average molecular weight is 278 g/mol. The number of nitrogens with two attached hydrogens (primary N) is 1. The molecule has 0 radical (unpaired) electrons. The summed E-state index contributed by atoms with van der Waals surface area (Å²) in [6.07, 6.45) is 1.58. The predicted octanol–water partition coefficient (Wildman–Crippen LogP) is -0.925. The zero-order chi connectivity index (χ0) is 13.9. The Morgan fingerprint density at radius 3 is 2.67 bits per heavy atom. The molecule has 0 bridgehead atoms. The molecule has 1 aliphatic rings. The first-order chi connectivity index (χ1) is 8.24. The van der Waals surface area contributed by atoms with E-state index in [0.29, 0.717) is 13.0 Å². The SMILES string of the molecule is CC[C@@H](C(N)=O)N1CC(COS(C)(=O)=O)CC1=O. The van der Waals surface area contributed by atoms with Crippen LogP contribution in [0.3, 0.4) is 0 Å². The Hall–Kier alpha value is -1.15. The van der Waals surface area contributed by atoms with Crippen LogP contribution in [0.1, 0.15) is 19.8 Å². The molecule has 0 spiro atoms. The molecule has 8 heteroatoms. The Bertz CT molecular complexity index is 434. The maximum Gasteiger partial charge on any atom is 0.264 e. The van der Waals surface area contributed by atoms with Gasteiger partial charge < -0.3 is 10.6 Å². The maximum atomic E-state index is 11.7. The van der Waals surface area contributed by atoms with Crippen LogP contribution in [0.2, 0.25) is 0 Å². The highest BCUT2D eigenvalue weighted by atomic mass is 32.2. The highest BCUT2D eigenvalue weighted by Gasteiger charge is 2.36. The third-order valence-electron chi connectivity index (χ3n) is 2.85. The Morgan fingerprint density at radius 2 is 2.22 bits per heavy atom. The third kappa shape index (κ3) is 3.95. The van der Waals surface area contributed by atoms with Crippen LogP contribution >= 0.6 is 0 Å². The number of carbonyl (C=O) groups is 2. The number of amides is 2. The molecule has 1 heterocycles. The van der Waals surface area contributed by atoms with Crippen molar-refractivity contribution in [1.82, 2.24) is 4.90 Å². The van der Waals surface area contributed by atoms with E-state index in [2.05, 4.69) is 4.18 Å². The lowest BCUT2D eigenvalue weighted by atomic mass is 10.1. The van der Waals surface area contributed by atoms with Crippen molar-refractivity contribution in [3.05, 3.63) is 0 Å². The number of nitrogens with zero attached hydrogens (tertiary/aromatic N) is 1. The van der Waals surface area contributed by atoms with Gasteiger partial charge in [-0.05, 0) is 6.42 Å². The van der Waals surface area contributed by atoms with Crippen molar-refractivity contribution in [2.24, 2.45) is 11.7 Å². The molecule has 2 amide bonds. The molecule has 0 aromatic heterocycles. The van der Waals surface area contributed by atoms with Crippen molar-refractivity contribution in [2.45, 2.75) is 25.8 Å². The largest absolute Gasteiger partial charge is 0.368 e. The van der Waals surface area contributed by atoms with E-state index in [1.807, 2.05) is 0 Å². The second-order valence-corrected chi connectivity index (χ2v) is 6.08. The van der Waals surface area contributed by atoms with E-state index >= 15 is 0 Å². The van der Waals surface area contributed by atoms with Crippen LogP contribution < -0.4 is 5.73 Å². The number of hydrogen-bond donors (Lipinski definition) is 1. The van der Waals surface area contributed by atoms with Gasteiger partial charge in [-0.25, -0.2) is 0 Å². The van der Waals surface area contributed by atoms with Crippen molar-refractivity contribution >= 4 is 21.9 Å². The first-order valence-electron chi connectivity index (χ1n) is 5.67. The number of hydrogen-bond acceptors (Lipinski definition) is 5. The Balaban J connectivity index is 2.61. The second kappa shape index (κ2) is 5.66. The number of rotatable bonds is 6. The van der Waals surface area contributed by atoms with E-state index in [0.717, 1.165) is 6.26 Å². The zero-order valence-electron chi connectivity index (χ0n) is 10.5. The van der Waals surface area contributed by atoms with Crippen LogP contribution in [0.5, 0.6) is 0 Å². The van der Waals surface area contributed by atoms with Crippen LogP contribution in [0.25, 0.3) is 0 Å².